The highest BCUT2D eigenvalue weighted by Crippen LogP contribution is 2.26. The number of rotatable bonds is 5. The number of halogens is 1. The van der Waals surface area contributed by atoms with Crippen LogP contribution >= 0.6 is 11.6 Å². The summed E-state index contributed by atoms with van der Waals surface area (Å²) in [6, 6.07) is 15.7. The second-order valence-corrected chi connectivity index (χ2v) is 5.67. The summed E-state index contributed by atoms with van der Waals surface area (Å²) in [6.07, 6.45) is 0. The van der Waals surface area contributed by atoms with Crippen LogP contribution in [0.4, 0.5) is 23.0 Å². The van der Waals surface area contributed by atoms with Gasteiger partial charge in [-0.3, -0.25) is 0 Å². The number of carboxylic acid groups (broad SMARTS) is 1. The van der Waals surface area contributed by atoms with Crippen molar-refractivity contribution in [1.82, 2.24) is 9.97 Å². The lowest BCUT2D eigenvalue weighted by Gasteiger charge is -2.12. The average Bonchev–Trinajstić information content (AvgIpc) is 2.57. The molecule has 1 aromatic heterocycles. The van der Waals surface area contributed by atoms with Crippen LogP contribution < -0.4 is 10.6 Å². The minimum absolute atomic E-state index is 0.166. The van der Waals surface area contributed by atoms with E-state index in [1.165, 1.54) is 6.07 Å². The third-order valence-electron chi connectivity index (χ3n) is 3.39. The van der Waals surface area contributed by atoms with Gasteiger partial charge in [-0.05, 0) is 31.2 Å². The molecule has 3 N–H and O–H groups in total. The fourth-order valence-electron chi connectivity index (χ4n) is 2.31. The van der Waals surface area contributed by atoms with Crippen molar-refractivity contribution < 1.29 is 9.90 Å². The zero-order valence-corrected chi connectivity index (χ0v) is 14.1. The fourth-order valence-corrected chi connectivity index (χ4v) is 2.50. The first-order valence-electron chi connectivity index (χ1n) is 7.49. The smallest absolute Gasteiger partial charge is 0.337 e. The Morgan fingerprint density at radius 2 is 1.52 bits per heavy atom. The molecule has 0 bridgehead atoms. The molecule has 0 saturated carbocycles. The van der Waals surface area contributed by atoms with Gasteiger partial charge in [0, 0.05) is 6.07 Å². The van der Waals surface area contributed by atoms with Gasteiger partial charge in [0.25, 0.3) is 0 Å². The lowest BCUT2D eigenvalue weighted by Crippen LogP contribution is -2.05. The SMILES string of the molecule is Cc1nc(Nc2ccccc2Cl)cc(Nc2ccccc2C(=O)O)n1. The van der Waals surface area contributed by atoms with E-state index in [0.717, 1.165) is 5.69 Å². The Morgan fingerprint density at radius 3 is 2.16 bits per heavy atom. The second-order valence-electron chi connectivity index (χ2n) is 5.27. The predicted octanol–water partition coefficient (Wildman–Crippen LogP) is 4.62. The van der Waals surface area contributed by atoms with Crippen molar-refractivity contribution in [3.05, 3.63) is 71.0 Å². The maximum atomic E-state index is 11.3. The number of anilines is 4. The van der Waals surface area contributed by atoms with Gasteiger partial charge >= 0.3 is 5.97 Å². The number of hydrogen-bond acceptors (Lipinski definition) is 5. The summed E-state index contributed by atoms with van der Waals surface area (Å²) in [5.74, 6) is 0.558. The molecule has 0 amide bonds. The van der Waals surface area contributed by atoms with Gasteiger partial charge in [0.2, 0.25) is 0 Å². The van der Waals surface area contributed by atoms with E-state index >= 15 is 0 Å². The molecule has 126 valence electrons. The van der Waals surface area contributed by atoms with Gasteiger partial charge in [-0.15, -0.1) is 0 Å². The molecule has 0 saturated heterocycles. The monoisotopic (exact) mass is 354 g/mol. The third-order valence-corrected chi connectivity index (χ3v) is 3.72. The molecule has 6 nitrogen and oxygen atoms in total. The number of aromatic nitrogens is 2. The summed E-state index contributed by atoms with van der Waals surface area (Å²) < 4.78 is 0. The van der Waals surface area contributed by atoms with Crippen molar-refractivity contribution in [2.45, 2.75) is 6.92 Å². The molecule has 0 radical (unpaired) electrons. The van der Waals surface area contributed by atoms with Gasteiger partial charge in [-0.1, -0.05) is 35.9 Å². The Balaban J connectivity index is 1.90. The molecule has 0 aliphatic carbocycles. The number of para-hydroxylation sites is 2. The Hall–Kier alpha value is -3.12. The highest BCUT2D eigenvalue weighted by Gasteiger charge is 2.11. The van der Waals surface area contributed by atoms with E-state index in [1.54, 1.807) is 37.3 Å². The molecule has 0 atom stereocenters. The molecular weight excluding hydrogens is 340 g/mol. The minimum atomic E-state index is -1.01. The Bertz CT molecular complexity index is 930. The average molecular weight is 355 g/mol. The minimum Gasteiger partial charge on any atom is -0.478 e. The van der Waals surface area contributed by atoms with Crippen molar-refractivity contribution in [2.75, 3.05) is 10.6 Å². The molecule has 0 aliphatic heterocycles. The van der Waals surface area contributed by atoms with Gasteiger partial charge < -0.3 is 15.7 Å². The van der Waals surface area contributed by atoms with Gasteiger partial charge in [0.15, 0.2) is 0 Å². The van der Waals surface area contributed by atoms with E-state index < -0.39 is 5.97 Å². The summed E-state index contributed by atoms with van der Waals surface area (Å²) in [6.45, 7) is 1.76. The molecular formula is C18H15ClN4O2. The zero-order valence-electron chi connectivity index (χ0n) is 13.3. The number of nitrogens with one attached hydrogen (secondary N) is 2. The number of hydrogen-bond donors (Lipinski definition) is 3. The van der Waals surface area contributed by atoms with Crippen LogP contribution in [0.15, 0.2) is 54.6 Å². The first-order chi connectivity index (χ1) is 12.0. The van der Waals surface area contributed by atoms with Crippen LogP contribution in [0.3, 0.4) is 0 Å². The molecule has 2 aromatic carbocycles. The van der Waals surface area contributed by atoms with E-state index in [4.69, 9.17) is 11.6 Å². The van der Waals surface area contributed by atoms with Crippen LogP contribution in [0, 0.1) is 6.92 Å². The Labute approximate surface area is 149 Å². The van der Waals surface area contributed by atoms with E-state index in [0.29, 0.717) is 28.2 Å². The van der Waals surface area contributed by atoms with E-state index in [-0.39, 0.29) is 5.56 Å². The summed E-state index contributed by atoms with van der Waals surface area (Å²) in [7, 11) is 0. The largest absolute Gasteiger partial charge is 0.478 e. The normalized spacial score (nSPS) is 10.3. The lowest BCUT2D eigenvalue weighted by atomic mass is 10.2. The van der Waals surface area contributed by atoms with E-state index in [9.17, 15) is 9.90 Å². The fraction of sp³-hybridized carbons (Fsp3) is 0.0556. The quantitative estimate of drug-likeness (QED) is 0.619. The molecule has 0 unspecified atom stereocenters. The lowest BCUT2D eigenvalue weighted by molar-refractivity contribution is 0.0698. The highest BCUT2D eigenvalue weighted by molar-refractivity contribution is 6.33. The standard InChI is InChI=1S/C18H15ClN4O2/c1-11-20-16(22-14-8-4-2-6-12(14)18(24)25)10-17(21-11)23-15-9-5-3-7-13(15)19/h2-10H,1H3,(H,24,25)(H2,20,21,22,23). The van der Waals surface area contributed by atoms with E-state index in [1.807, 2.05) is 18.2 Å². The molecule has 7 heteroatoms. The first-order valence-corrected chi connectivity index (χ1v) is 7.87. The zero-order chi connectivity index (χ0) is 17.8. The summed E-state index contributed by atoms with van der Waals surface area (Å²) in [4.78, 5) is 20.0. The number of carboxylic acids is 1. The number of carbonyl (C=O) groups is 1. The van der Waals surface area contributed by atoms with Gasteiger partial charge in [-0.2, -0.15) is 0 Å². The number of benzene rings is 2. The van der Waals surface area contributed by atoms with Gasteiger partial charge in [-0.25, -0.2) is 14.8 Å². The van der Waals surface area contributed by atoms with Crippen LogP contribution in [-0.4, -0.2) is 21.0 Å². The summed E-state index contributed by atoms with van der Waals surface area (Å²) >= 11 is 6.15. The summed E-state index contributed by atoms with van der Waals surface area (Å²) in [5, 5.41) is 16.0. The van der Waals surface area contributed by atoms with Crippen molar-refractivity contribution in [3.8, 4) is 0 Å². The highest BCUT2D eigenvalue weighted by atomic mass is 35.5. The van der Waals surface area contributed by atoms with Gasteiger partial charge in [0.05, 0.1) is 22.0 Å². The van der Waals surface area contributed by atoms with Crippen molar-refractivity contribution in [3.63, 3.8) is 0 Å². The predicted molar refractivity (Wildman–Crippen MR) is 98.2 cm³/mol. The molecule has 1 heterocycles. The van der Waals surface area contributed by atoms with Crippen LogP contribution in [0.25, 0.3) is 0 Å². The Kier molecular flexibility index (Phi) is 4.81. The number of nitrogens with zero attached hydrogens (tertiary/aromatic N) is 2. The van der Waals surface area contributed by atoms with E-state index in [2.05, 4.69) is 20.6 Å². The molecule has 0 aliphatic rings. The number of aryl methyl sites for hydroxylation is 1. The molecule has 25 heavy (non-hydrogen) atoms. The number of aromatic carboxylic acids is 1. The Morgan fingerprint density at radius 1 is 0.960 bits per heavy atom. The van der Waals surface area contributed by atoms with Crippen LogP contribution in [0.2, 0.25) is 5.02 Å². The van der Waals surface area contributed by atoms with Crippen LogP contribution in [0.5, 0.6) is 0 Å². The molecule has 0 fully saturated rings. The van der Waals surface area contributed by atoms with Crippen molar-refractivity contribution in [2.24, 2.45) is 0 Å². The second kappa shape index (κ2) is 7.19. The molecule has 0 spiro atoms. The van der Waals surface area contributed by atoms with Crippen LogP contribution in [0.1, 0.15) is 16.2 Å². The molecule has 3 rings (SSSR count). The first kappa shape index (κ1) is 16.7. The maximum Gasteiger partial charge on any atom is 0.337 e. The van der Waals surface area contributed by atoms with Gasteiger partial charge in [0.1, 0.15) is 17.5 Å². The maximum absolute atomic E-state index is 11.3. The van der Waals surface area contributed by atoms with Crippen LogP contribution in [-0.2, 0) is 0 Å². The van der Waals surface area contributed by atoms with Crippen molar-refractivity contribution >= 4 is 40.6 Å². The topological polar surface area (TPSA) is 87.1 Å². The summed E-state index contributed by atoms with van der Waals surface area (Å²) in [5.41, 5.74) is 1.34. The third kappa shape index (κ3) is 4.05. The molecule has 3 aromatic rings. The van der Waals surface area contributed by atoms with Crippen molar-refractivity contribution in [1.29, 1.82) is 0 Å².